The Bertz CT molecular complexity index is 739. The summed E-state index contributed by atoms with van der Waals surface area (Å²) in [5.74, 6) is 0.670. The fourth-order valence-electron chi connectivity index (χ4n) is 2.26. The second-order valence-corrected chi connectivity index (χ2v) is 7.32. The van der Waals surface area contributed by atoms with Gasteiger partial charge in [-0.2, -0.15) is 0 Å². The van der Waals surface area contributed by atoms with Crippen LogP contribution in [0.15, 0.2) is 66.2 Å². The van der Waals surface area contributed by atoms with E-state index in [9.17, 15) is 14.4 Å². The maximum Gasteiger partial charge on any atom is 0.159 e. The van der Waals surface area contributed by atoms with E-state index in [-0.39, 0.29) is 5.78 Å². The van der Waals surface area contributed by atoms with E-state index in [1.165, 1.54) is 11.1 Å². The lowest BCUT2D eigenvalue weighted by Crippen LogP contribution is -1.93. The molecule has 2 rings (SSSR count). The Morgan fingerprint density at radius 2 is 1.52 bits per heavy atom. The number of benzene rings is 2. The van der Waals surface area contributed by atoms with Gasteiger partial charge in [-0.25, -0.2) is 0 Å². The molecule has 3 heteroatoms. The Balaban J connectivity index is 0.000000410. The SMILES string of the molecule is CC(=O)c1ccc(C)cc1.CC(C)=CCCC(C)CC=O.O=Cc1ccccc1. The summed E-state index contributed by atoms with van der Waals surface area (Å²) in [4.78, 5) is 30.9. The smallest absolute Gasteiger partial charge is 0.159 e. The summed E-state index contributed by atoms with van der Waals surface area (Å²) < 4.78 is 0. The Hall–Kier alpha value is -2.81. The van der Waals surface area contributed by atoms with Gasteiger partial charge in [0.2, 0.25) is 0 Å². The average molecular weight is 395 g/mol. The zero-order chi connectivity index (χ0) is 22.1. The Kier molecular flexibility index (Phi) is 14.6. The largest absolute Gasteiger partial charge is 0.303 e. The molecule has 0 N–H and O–H groups in total. The molecule has 0 radical (unpaired) electrons. The topological polar surface area (TPSA) is 51.2 Å². The zero-order valence-corrected chi connectivity index (χ0v) is 18.4. The summed E-state index contributed by atoms with van der Waals surface area (Å²) >= 11 is 0. The first-order valence-electron chi connectivity index (χ1n) is 9.95. The number of carbonyl (C=O) groups excluding carboxylic acids is 3. The molecule has 3 nitrogen and oxygen atoms in total. The van der Waals surface area contributed by atoms with Crippen molar-refractivity contribution in [2.24, 2.45) is 5.92 Å². The maximum absolute atomic E-state index is 10.8. The van der Waals surface area contributed by atoms with Crippen LogP contribution < -0.4 is 0 Å². The summed E-state index contributed by atoms with van der Waals surface area (Å²) in [7, 11) is 0. The minimum absolute atomic E-state index is 0.125. The van der Waals surface area contributed by atoms with Gasteiger partial charge in [-0.3, -0.25) is 9.59 Å². The highest BCUT2D eigenvalue weighted by atomic mass is 16.1. The molecule has 156 valence electrons. The van der Waals surface area contributed by atoms with Crippen molar-refractivity contribution in [2.75, 3.05) is 0 Å². The Labute approximate surface area is 175 Å². The molecule has 0 aliphatic heterocycles. The van der Waals surface area contributed by atoms with E-state index in [0.29, 0.717) is 12.3 Å². The van der Waals surface area contributed by atoms with E-state index in [4.69, 9.17) is 0 Å². The van der Waals surface area contributed by atoms with Gasteiger partial charge >= 0.3 is 0 Å². The Morgan fingerprint density at radius 1 is 0.931 bits per heavy atom. The molecule has 0 saturated carbocycles. The Morgan fingerprint density at radius 3 is 1.93 bits per heavy atom. The number of Topliss-reactive ketones (excluding diaryl/α,β-unsaturated/α-hetero) is 1. The highest BCUT2D eigenvalue weighted by Crippen LogP contribution is 2.09. The number of allylic oxidation sites excluding steroid dienone is 2. The van der Waals surface area contributed by atoms with Crippen molar-refractivity contribution >= 4 is 18.4 Å². The van der Waals surface area contributed by atoms with Crippen LogP contribution in [0.3, 0.4) is 0 Å². The molecule has 0 spiro atoms. The first-order valence-corrected chi connectivity index (χ1v) is 9.95. The van der Waals surface area contributed by atoms with E-state index < -0.39 is 0 Å². The third-order valence-electron chi connectivity index (χ3n) is 4.10. The van der Waals surface area contributed by atoms with Gasteiger partial charge in [-0.1, -0.05) is 78.7 Å². The molecular formula is C26H34O3. The number of hydrogen-bond acceptors (Lipinski definition) is 3. The highest BCUT2D eigenvalue weighted by Gasteiger charge is 1.98. The summed E-state index contributed by atoms with van der Waals surface area (Å²) in [5.41, 5.74) is 4.06. The quantitative estimate of drug-likeness (QED) is 0.300. The van der Waals surface area contributed by atoms with Crippen LogP contribution in [0, 0.1) is 12.8 Å². The van der Waals surface area contributed by atoms with Crippen molar-refractivity contribution in [1.29, 1.82) is 0 Å². The second-order valence-electron chi connectivity index (χ2n) is 7.32. The number of hydrogen-bond donors (Lipinski definition) is 0. The third kappa shape index (κ3) is 14.9. The molecule has 0 aliphatic rings. The van der Waals surface area contributed by atoms with Crippen molar-refractivity contribution in [3.8, 4) is 0 Å². The number of rotatable bonds is 7. The maximum atomic E-state index is 10.8. The third-order valence-corrected chi connectivity index (χ3v) is 4.10. The van der Waals surface area contributed by atoms with Gasteiger partial charge in [-0.15, -0.1) is 0 Å². The molecule has 0 aliphatic carbocycles. The summed E-state index contributed by atoms with van der Waals surface area (Å²) in [6, 6.07) is 16.7. The normalized spacial score (nSPS) is 10.2. The summed E-state index contributed by atoms with van der Waals surface area (Å²) in [5, 5.41) is 0. The van der Waals surface area contributed by atoms with Crippen molar-refractivity contribution in [3.63, 3.8) is 0 Å². The van der Waals surface area contributed by atoms with Crippen LogP contribution in [-0.2, 0) is 4.79 Å². The second kappa shape index (κ2) is 16.2. The van der Waals surface area contributed by atoms with E-state index >= 15 is 0 Å². The minimum Gasteiger partial charge on any atom is -0.303 e. The molecule has 1 unspecified atom stereocenters. The molecule has 0 bridgehead atoms. The van der Waals surface area contributed by atoms with Gasteiger partial charge in [0.05, 0.1) is 0 Å². The van der Waals surface area contributed by atoms with Gasteiger partial charge in [0.1, 0.15) is 12.6 Å². The van der Waals surface area contributed by atoms with Crippen molar-refractivity contribution in [2.45, 2.75) is 53.9 Å². The van der Waals surface area contributed by atoms with Gasteiger partial charge < -0.3 is 4.79 Å². The van der Waals surface area contributed by atoms with Crippen LogP contribution >= 0.6 is 0 Å². The lowest BCUT2D eigenvalue weighted by atomic mass is 10.0. The van der Waals surface area contributed by atoms with Crippen LogP contribution in [0.1, 0.15) is 73.2 Å². The number of carbonyl (C=O) groups is 3. The molecule has 2 aromatic carbocycles. The van der Waals surface area contributed by atoms with Crippen LogP contribution in [0.2, 0.25) is 0 Å². The van der Waals surface area contributed by atoms with Gasteiger partial charge in [0.25, 0.3) is 0 Å². The lowest BCUT2D eigenvalue weighted by molar-refractivity contribution is -0.108. The van der Waals surface area contributed by atoms with Crippen LogP contribution in [0.5, 0.6) is 0 Å². The lowest BCUT2D eigenvalue weighted by Gasteiger charge is -2.03. The molecule has 0 saturated heterocycles. The zero-order valence-electron chi connectivity index (χ0n) is 18.4. The molecule has 29 heavy (non-hydrogen) atoms. The molecule has 2 aromatic rings. The van der Waals surface area contributed by atoms with Gasteiger partial charge in [0.15, 0.2) is 5.78 Å². The number of aldehydes is 2. The fraction of sp³-hybridized carbons (Fsp3) is 0.346. The number of ketones is 1. The van der Waals surface area contributed by atoms with E-state index in [2.05, 4.69) is 26.8 Å². The predicted molar refractivity (Wildman–Crippen MR) is 122 cm³/mol. The predicted octanol–water partition coefficient (Wildman–Crippen LogP) is 6.65. The summed E-state index contributed by atoms with van der Waals surface area (Å²) in [6.07, 6.45) is 7.01. The minimum atomic E-state index is 0.125. The van der Waals surface area contributed by atoms with Crippen LogP contribution in [0.4, 0.5) is 0 Å². The fourth-order valence-corrected chi connectivity index (χ4v) is 2.26. The monoisotopic (exact) mass is 394 g/mol. The first-order chi connectivity index (χ1) is 13.8. The number of aryl methyl sites for hydroxylation is 1. The van der Waals surface area contributed by atoms with E-state index in [1.807, 2.05) is 49.4 Å². The molecule has 0 fully saturated rings. The van der Waals surface area contributed by atoms with E-state index in [1.54, 1.807) is 19.1 Å². The van der Waals surface area contributed by atoms with Crippen LogP contribution in [0.25, 0.3) is 0 Å². The molecule has 0 aromatic heterocycles. The van der Waals surface area contributed by atoms with Crippen molar-refractivity contribution in [1.82, 2.24) is 0 Å². The highest BCUT2D eigenvalue weighted by molar-refractivity contribution is 5.93. The van der Waals surface area contributed by atoms with Gasteiger partial charge in [0, 0.05) is 17.5 Å². The molecular weight excluding hydrogens is 360 g/mol. The van der Waals surface area contributed by atoms with Crippen molar-refractivity contribution < 1.29 is 14.4 Å². The first kappa shape index (κ1) is 26.2. The molecule has 1 atom stereocenters. The summed E-state index contributed by atoms with van der Waals surface area (Å²) in [6.45, 7) is 9.90. The van der Waals surface area contributed by atoms with E-state index in [0.717, 1.165) is 36.5 Å². The van der Waals surface area contributed by atoms with Crippen molar-refractivity contribution in [3.05, 3.63) is 82.9 Å². The van der Waals surface area contributed by atoms with Gasteiger partial charge in [-0.05, 0) is 46.5 Å². The average Bonchev–Trinajstić information content (AvgIpc) is 2.70. The standard InChI is InChI=1S/C10H18O.C9H10O.C7H6O/c1-9(2)5-4-6-10(3)7-8-11;1-7-3-5-9(6-4-7)8(2)10;8-6-7-4-2-1-3-5-7/h5,8,10H,4,6-7H2,1-3H3;3-6H,1-2H3;1-6H. The molecule has 0 heterocycles. The van der Waals surface area contributed by atoms with Crippen LogP contribution in [-0.4, -0.2) is 18.4 Å². The molecule has 0 amide bonds.